The van der Waals surface area contributed by atoms with Crippen LogP contribution in [-0.4, -0.2) is 31.5 Å². The Morgan fingerprint density at radius 1 is 1.35 bits per heavy atom. The van der Waals surface area contributed by atoms with Crippen LogP contribution in [0.25, 0.3) is 0 Å². The van der Waals surface area contributed by atoms with E-state index in [1.807, 2.05) is 24.3 Å². The first-order valence-electron chi connectivity index (χ1n) is 5.82. The van der Waals surface area contributed by atoms with E-state index in [1.165, 1.54) is 0 Å². The summed E-state index contributed by atoms with van der Waals surface area (Å²) in [6, 6.07) is 7.68. The second-order valence-corrected chi connectivity index (χ2v) is 4.45. The second-order valence-electron chi connectivity index (χ2n) is 4.01. The van der Waals surface area contributed by atoms with Crippen LogP contribution in [0.2, 0.25) is 5.02 Å². The van der Waals surface area contributed by atoms with Crippen LogP contribution < -0.4 is 5.32 Å². The van der Waals surface area contributed by atoms with E-state index in [9.17, 15) is 5.11 Å². The molecule has 0 bridgehead atoms. The molecule has 2 unspecified atom stereocenters. The Balaban J connectivity index is 2.67. The van der Waals surface area contributed by atoms with Gasteiger partial charge in [0.2, 0.25) is 0 Å². The number of rotatable bonds is 7. The molecule has 0 saturated carbocycles. The molecule has 0 aromatic heterocycles. The number of ether oxygens (including phenoxy) is 1. The number of aliphatic hydroxyl groups excluding tert-OH is 1. The van der Waals surface area contributed by atoms with Crippen molar-refractivity contribution in [2.75, 3.05) is 20.3 Å². The van der Waals surface area contributed by atoms with E-state index in [-0.39, 0.29) is 18.7 Å². The number of benzene rings is 1. The third-order valence-corrected chi connectivity index (χ3v) is 3.00. The summed E-state index contributed by atoms with van der Waals surface area (Å²) in [5.41, 5.74) is 1.03. The van der Waals surface area contributed by atoms with Gasteiger partial charge < -0.3 is 15.2 Å². The van der Waals surface area contributed by atoms with Crippen molar-refractivity contribution in [2.45, 2.75) is 25.4 Å². The minimum absolute atomic E-state index is 0.0574. The summed E-state index contributed by atoms with van der Waals surface area (Å²) in [6.07, 6.45) is 0.956. The number of halogens is 1. The molecular formula is C13H20ClNO2. The fraction of sp³-hybridized carbons (Fsp3) is 0.538. The van der Waals surface area contributed by atoms with Crippen molar-refractivity contribution >= 4 is 11.6 Å². The molecule has 0 aliphatic carbocycles. The van der Waals surface area contributed by atoms with Crippen LogP contribution in [0, 0.1) is 0 Å². The number of nitrogens with one attached hydrogen (secondary N) is 1. The normalized spacial score (nSPS) is 14.6. The van der Waals surface area contributed by atoms with E-state index in [4.69, 9.17) is 16.3 Å². The first-order valence-corrected chi connectivity index (χ1v) is 6.20. The van der Waals surface area contributed by atoms with E-state index in [2.05, 4.69) is 12.2 Å². The zero-order valence-corrected chi connectivity index (χ0v) is 11.1. The zero-order valence-electron chi connectivity index (χ0n) is 10.3. The summed E-state index contributed by atoms with van der Waals surface area (Å²) < 4.78 is 5.13. The Bertz CT molecular complexity index is 316. The van der Waals surface area contributed by atoms with Crippen LogP contribution in [0.4, 0.5) is 0 Å². The van der Waals surface area contributed by atoms with Gasteiger partial charge in [0.15, 0.2) is 0 Å². The third kappa shape index (κ3) is 4.64. The van der Waals surface area contributed by atoms with Crippen LogP contribution in [0.15, 0.2) is 24.3 Å². The molecule has 1 aromatic rings. The molecule has 2 atom stereocenters. The molecule has 96 valence electrons. The van der Waals surface area contributed by atoms with E-state index in [0.29, 0.717) is 11.6 Å². The van der Waals surface area contributed by atoms with Crippen molar-refractivity contribution in [1.29, 1.82) is 0 Å². The highest BCUT2D eigenvalue weighted by atomic mass is 35.5. The van der Waals surface area contributed by atoms with Crippen molar-refractivity contribution in [3.63, 3.8) is 0 Å². The summed E-state index contributed by atoms with van der Waals surface area (Å²) in [5.74, 6) is 0. The van der Waals surface area contributed by atoms with Gasteiger partial charge in [-0.2, -0.15) is 0 Å². The average Bonchev–Trinajstić information content (AvgIpc) is 2.36. The first-order chi connectivity index (χ1) is 8.21. The SMILES string of the molecule is CCC(COC)NC(CO)c1ccc(Cl)cc1. The molecule has 1 aromatic carbocycles. The predicted molar refractivity (Wildman–Crippen MR) is 70.4 cm³/mol. The van der Waals surface area contributed by atoms with Gasteiger partial charge in [-0.3, -0.25) is 0 Å². The van der Waals surface area contributed by atoms with Crippen LogP contribution in [0.1, 0.15) is 24.9 Å². The lowest BCUT2D eigenvalue weighted by Crippen LogP contribution is -2.37. The first kappa shape index (κ1) is 14.5. The molecule has 0 radical (unpaired) electrons. The molecule has 3 nitrogen and oxygen atoms in total. The molecule has 0 heterocycles. The molecule has 0 saturated heterocycles. The minimum Gasteiger partial charge on any atom is -0.394 e. The van der Waals surface area contributed by atoms with Crippen LogP contribution >= 0.6 is 11.6 Å². The monoisotopic (exact) mass is 257 g/mol. The highest BCUT2D eigenvalue weighted by molar-refractivity contribution is 6.30. The van der Waals surface area contributed by atoms with Gasteiger partial charge in [-0.15, -0.1) is 0 Å². The lowest BCUT2D eigenvalue weighted by atomic mass is 10.1. The fourth-order valence-corrected chi connectivity index (χ4v) is 1.84. The van der Waals surface area contributed by atoms with Gasteiger partial charge in [-0.05, 0) is 24.1 Å². The third-order valence-electron chi connectivity index (χ3n) is 2.75. The number of methoxy groups -OCH3 is 1. The lowest BCUT2D eigenvalue weighted by molar-refractivity contribution is 0.146. The predicted octanol–water partition coefficient (Wildman–Crippen LogP) is 2.39. The van der Waals surface area contributed by atoms with Gasteiger partial charge in [-0.1, -0.05) is 30.7 Å². The Kier molecular flexibility index (Phi) is 6.52. The summed E-state index contributed by atoms with van der Waals surface area (Å²) in [4.78, 5) is 0. The van der Waals surface area contributed by atoms with E-state index in [0.717, 1.165) is 12.0 Å². The molecule has 0 aliphatic rings. The quantitative estimate of drug-likeness (QED) is 0.788. The smallest absolute Gasteiger partial charge is 0.0626 e. The zero-order chi connectivity index (χ0) is 12.7. The largest absolute Gasteiger partial charge is 0.394 e. The minimum atomic E-state index is -0.0765. The second kappa shape index (κ2) is 7.67. The molecule has 0 fully saturated rings. The topological polar surface area (TPSA) is 41.5 Å². The molecule has 0 amide bonds. The van der Waals surface area contributed by atoms with Gasteiger partial charge >= 0.3 is 0 Å². The Hall–Kier alpha value is -0.610. The standard InChI is InChI=1S/C13H20ClNO2/c1-3-12(9-17-2)15-13(8-16)10-4-6-11(14)7-5-10/h4-7,12-13,15-16H,3,8-9H2,1-2H3. The molecule has 2 N–H and O–H groups in total. The molecule has 17 heavy (non-hydrogen) atoms. The van der Waals surface area contributed by atoms with Crippen molar-refractivity contribution in [1.82, 2.24) is 5.32 Å². The number of hydrogen-bond acceptors (Lipinski definition) is 3. The fourth-order valence-electron chi connectivity index (χ4n) is 1.72. The maximum Gasteiger partial charge on any atom is 0.0626 e. The summed E-state index contributed by atoms with van der Waals surface area (Å²) >= 11 is 5.84. The maximum atomic E-state index is 9.43. The molecule has 4 heteroatoms. The molecule has 0 spiro atoms. The van der Waals surface area contributed by atoms with Gasteiger partial charge in [0.05, 0.1) is 19.3 Å². The van der Waals surface area contributed by atoms with E-state index >= 15 is 0 Å². The van der Waals surface area contributed by atoms with Crippen molar-refractivity contribution < 1.29 is 9.84 Å². The Morgan fingerprint density at radius 3 is 2.47 bits per heavy atom. The lowest BCUT2D eigenvalue weighted by Gasteiger charge is -2.23. The van der Waals surface area contributed by atoms with Crippen molar-refractivity contribution in [3.8, 4) is 0 Å². The molecule has 0 aliphatic heterocycles. The Labute approximate surface area is 108 Å². The van der Waals surface area contributed by atoms with Crippen molar-refractivity contribution in [2.24, 2.45) is 0 Å². The van der Waals surface area contributed by atoms with E-state index < -0.39 is 0 Å². The van der Waals surface area contributed by atoms with Gasteiger partial charge in [0.1, 0.15) is 0 Å². The van der Waals surface area contributed by atoms with Crippen molar-refractivity contribution in [3.05, 3.63) is 34.9 Å². The number of aliphatic hydroxyl groups is 1. The molecular weight excluding hydrogens is 238 g/mol. The summed E-state index contributed by atoms with van der Waals surface area (Å²) in [7, 11) is 1.68. The van der Waals surface area contributed by atoms with Crippen LogP contribution in [-0.2, 0) is 4.74 Å². The summed E-state index contributed by atoms with van der Waals surface area (Å²) in [5, 5.41) is 13.5. The maximum absolute atomic E-state index is 9.43. The summed E-state index contributed by atoms with van der Waals surface area (Å²) in [6.45, 7) is 2.79. The van der Waals surface area contributed by atoms with Crippen LogP contribution in [0.3, 0.4) is 0 Å². The highest BCUT2D eigenvalue weighted by Gasteiger charge is 2.14. The molecule has 1 rings (SSSR count). The van der Waals surface area contributed by atoms with Crippen LogP contribution in [0.5, 0.6) is 0 Å². The van der Waals surface area contributed by atoms with E-state index in [1.54, 1.807) is 7.11 Å². The van der Waals surface area contributed by atoms with Gasteiger partial charge in [0.25, 0.3) is 0 Å². The Morgan fingerprint density at radius 2 is 2.00 bits per heavy atom. The number of hydrogen-bond donors (Lipinski definition) is 2. The van der Waals surface area contributed by atoms with Gasteiger partial charge in [0, 0.05) is 18.2 Å². The van der Waals surface area contributed by atoms with Gasteiger partial charge in [-0.25, -0.2) is 0 Å². The average molecular weight is 258 g/mol. The highest BCUT2D eigenvalue weighted by Crippen LogP contribution is 2.17.